The van der Waals surface area contributed by atoms with Crippen LogP contribution in [0.1, 0.15) is 34.8 Å². The molecule has 0 aliphatic heterocycles. The van der Waals surface area contributed by atoms with Crippen LogP contribution in [0.15, 0.2) is 35.3 Å². The first-order valence-corrected chi connectivity index (χ1v) is 9.36. The first kappa shape index (κ1) is 19.8. The normalized spacial score (nSPS) is 13.6. The van der Waals surface area contributed by atoms with Crippen molar-refractivity contribution >= 4 is 28.2 Å². The number of nitrogen functional groups attached to an aromatic ring is 1. The molecule has 1 fully saturated rings. The number of hydrogen-bond acceptors (Lipinski definition) is 4. The first-order chi connectivity index (χ1) is 14.3. The Morgan fingerprint density at radius 1 is 1.17 bits per heavy atom. The van der Waals surface area contributed by atoms with Gasteiger partial charge in [-0.3, -0.25) is 4.79 Å². The molecule has 156 valence electrons. The second-order valence-corrected chi connectivity index (χ2v) is 7.26. The number of aromatic nitrogens is 1. The summed E-state index contributed by atoms with van der Waals surface area (Å²) in [7, 11) is 0. The molecule has 1 aliphatic rings. The molecular formula is C21H18F3N3O3. The predicted octanol–water partition coefficient (Wildman–Crippen LogP) is 3.69. The van der Waals surface area contributed by atoms with Crippen LogP contribution in [-0.4, -0.2) is 22.2 Å². The van der Waals surface area contributed by atoms with Crippen molar-refractivity contribution in [3.05, 3.63) is 69.3 Å². The summed E-state index contributed by atoms with van der Waals surface area (Å²) in [6, 6.07) is 5.53. The molecule has 0 saturated heterocycles. The molecule has 1 heterocycles. The van der Waals surface area contributed by atoms with Crippen molar-refractivity contribution in [1.82, 2.24) is 4.57 Å². The van der Waals surface area contributed by atoms with Gasteiger partial charge in [0.2, 0.25) is 5.43 Å². The predicted molar refractivity (Wildman–Crippen MR) is 106 cm³/mol. The van der Waals surface area contributed by atoms with Crippen molar-refractivity contribution in [3.8, 4) is 0 Å². The van der Waals surface area contributed by atoms with Crippen LogP contribution < -0.4 is 16.5 Å². The Morgan fingerprint density at radius 2 is 1.83 bits per heavy atom. The Labute approximate surface area is 168 Å². The van der Waals surface area contributed by atoms with Crippen LogP contribution in [0, 0.1) is 17.5 Å². The van der Waals surface area contributed by atoms with Gasteiger partial charge in [0.1, 0.15) is 17.1 Å². The molecule has 4 rings (SSSR count). The number of halogens is 3. The minimum Gasteiger partial charge on any atom is -0.477 e. The Bertz CT molecular complexity index is 1220. The maximum absolute atomic E-state index is 15.3. The highest BCUT2D eigenvalue weighted by Gasteiger charge is 2.31. The molecule has 9 heteroatoms. The number of carboxylic acids is 1. The number of pyridine rings is 1. The van der Waals surface area contributed by atoms with Crippen LogP contribution in [0.4, 0.5) is 24.5 Å². The van der Waals surface area contributed by atoms with Crippen LogP contribution >= 0.6 is 0 Å². The quantitative estimate of drug-likeness (QED) is 0.532. The summed E-state index contributed by atoms with van der Waals surface area (Å²) >= 11 is 0. The van der Waals surface area contributed by atoms with E-state index in [-0.39, 0.29) is 23.9 Å². The molecule has 0 atom stereocenters. The summed E-state index contributed by atoms with van der Waals surface area (Å²) in [6.07, 6.45) is 2.82. The van der Waals surface area contributed by atoms with Crippen LogP contribution in [0.5, 0.6) is 0 Å². The molecule has 6 nitrogen and oxygen atoms in total. The molecule has 0 radical (unpaired) electrons. The Morgan fingerprint density at radius 3 is 2.43 bits per heavy atom. The number of carbonyl (C=O) groups is 1. The van der Waals surface area contributed by atoms with Crippen LogP contribution in [0.2, 0.25) is 0 Å². The highest BCUT2D eigenvalue weighted by atomic mass is 19.1. The molecule has 1 aliphatic carbocycles. The summed E-state index contributed by atoms with van der Waals surface area (Å²) in [5.74, 6) is -4.03. The Hall–Kier alpha value is -3.49. The summed E-state index contributed by atoms with van der Waals surface area (Å²) in [5.41, 5.74) is 3.67. The highest BCUT2D eigenvalue weighted by Crippen LogP contribution is 2.40. The number of rotatable bonds is 6. The number of aromatic carboxylic acids is 1. The first-order valence-electron chi connectivity index (χ1n) is 9.36. The largest absolute Gasteiger partial charge is 0.477 e. The van der Waals surface area contributed by atoms with E-state index >= 15 is 4.39 Å². The Kier molecular flexibility index (Phi) is 4.89. The molecular weight excluding hydrogens is 399 g/mol. The van der Waals surface area contributed by atoms with Crippen molar-refractivity contribution in [1.29, 1.82) is 0 Å². The monoisotopic (exact) mass is 417 g/mol. The fourth-order valence-corrected chi connectivity index (χ4v) is 3.50. The van der Waals surface area contributed by atoms with E-state index in [1.54, 1.807) is 12.1 Å². The minimum atomic E-state index is -1.49. The van der Waals surface area contributed by atoms with E-state index < -0.39 is 45.4 Å². The number of nitrogens with one attached hydrogen (secondary N) is 1. The molecule has 0 spiro atoms. The molecule has 0 unspecified atom stereocenters. The zero-order chi connectivity index (χ0) is 21.6. The SMILES string of the molecule is Nc1c(F)c(NCCc2ccc(F)cc2)c(F)c2c1c(=O)c(C(=O)O)cn2C1CC1. The molecule has 0 bridgehead atoms. The van der Waals surface area contributed by atoms with Gasteiger partial charge in [0.25, 0.3) is 0 Å². The number of nitrogens with two attached hydrogens (primary N) is 1. The van der Waals surface area contributed by atoms with E-state index in [0.717, 1.165) is 11.8 Å². The van der Waals surface area contributed by atoms with Gasteiger partial charge in [0, 0.05) is 18.8 Å². The van der Waals surface area contributed by atoms with Gasteiger partial charge in [-0.05, 0) is 37.0 Å². The third-order valence-electron chi connectivity index (χ3n) is 5.19. The van der Waals surface area contributed by atoms with Crippen LogP contribution in [0.3, 0.4) is 0 Å². The lowest BCUT2D eigenvalue weighted by atomic mass is 10.1. The van der Waals surface area contributed by atoms with Gasteiger partial charge in [0.15, 0.2) is 11.6 Å². The summed E-state index contributed by atoms with van der Waals surface area (Å²) in [5, 5.41) is 11.5. The zero-order valence-corrected chi connectivity index (χ0v) is 15.7. The van der Waals surface area contributed by atoms with Gasteiger partial charge in [-0.15, -0.1) is 0 Å². The molecule has 0 amide bonds. The van der Waals surface area contributed by atoms with E-state index in [2.05, 4.69) is 5.32 Å². The average molecular weight is 417 g/mol. The topological polar surface area (TPSA) is 97.3 Å². The van der Waals surface area contributed by atoms with E-state index in [9.17, 15) is 23.5 Å². The summed E-state index contributed by atoms with van der Waals surface area (Å²) in [4.78, 5) is 24.0. The standard InChI is InChI=1S/C21H18F3N3O3/c22-11-3-1-10(2-4-11)7-8-26-18-15(23)17(25)14-19(16(18)24)27(12-5-6-12)9-13(20(14)28)21(29)30/h1-4,9,12,26H,5-8,25H2,(H,29,30). The van der Waals surface area contributed by atoms with Crippen molar-refractivity contribution in [3.63, 3.8) is 0 Å². The van der Waals surface area contributed by atoms with Gasteiger partial charge < -0.3 is 20.7 Å². The van der Waals surface area contributed by atoms with Crippen LogP contribution in [0.25, 0.3) is 10.9 Å². The second-order valence-electron chi connectivity index (χ2n) is 7.26. The fourth-order valence-electron chi connectivity index (χ4n) is 3.50. The van der Waals surface area contributed by atoms with Gasteiger partial charge in [-0.2, -0.15) is 0 Å². The van der Waals surface area contributed by atoms with E-state index in [4.69, 9.17) is 5.73 Å². The van der Waals surface area contributed by atoms with E-state index in [1.807, 2.05) is 0 Å². The van der Waals surface area contributed by atoms with Gasteiger partial charge in [-0.1, -0.05) is 12.1 Å². The lowest BCUT2D eigenvalue weighted by molar-refractivity contribution is 0.0695. The maximum atomic E-state index is 15.3. The smallest absolute Gasteiger partial charge is 0.341 e. The van der Waals surface area contributed by atoms with Crippen molar-refractivity contribution in [2.24, 2.45) is 0 Å². The number of benzene rings is 2. The third-order valence-corrected chi connectivity index (χ3v) is 5.19. The van der Waals surface area contributed by atoms with Gasteiger partial charge in [0.05, 0.1) is 16.6 Å². The van der Waals surface area contributed by atoms with Crippen LogP contribution in [-0.2, 0) is 6.42 Å². The van der Waals surface area contributed by atoms with Crippen molar-refractivity contribution < 1.29 is 23.1 Å². The molecule has 3 aromatic rings. The third kappa shape index (κ3) is 3.36. The maximum Gasteiger partial charge on any atom is 0.341 e. The fraction of sp³-hybridized carbons (Fsp3) is 0.238. The molecule has 30 heavy (non-hydrogen) atoms. The molecule has 1 saturated carbocycles. The molecule has 4 N–H and O–H groups in total. The lowest BCUT2D eigenvalue weighted by Crippen LogP contribution is -2.22. The van der Waals surface area contributed by atoms with Crippen molar-refractivity contribution in [2.45, 2.75) is 25.3 Å². The Balaban J connectivity index is 1.79. The number of fused-ring (bicyclic) bond motifs is 1. The second kappa shape index (κ2) is 7.40. The van der Waals surface area contributed by atoms with Crippen molar-refractivity contribution in [2.75, 3.05) is 17.6 Å². The molecule has 1 aromatic heterocycles. The number of hydrogen-bond donors (Lipinski definition) is 3. The average Bonchev–Trinajstić information content (AvgIpc) is 3.55. The zero-order valence-electron chi connectivity index (χ0n) is 15.7. The summed E-state index contributed by atoms with van der Waals surface area (Å²) < 4.78 is 44.6. The lowest BCUT2D eigenvalue weighted by Gasteiger charge is -2.18. The number of nitrogens with zero attached hydrogens (tertiary/aromatic N) is 1. The number of carboxylic acid groups (broad SMARTS) is 1. The minimum absolute atomic E-state index is 0.130. The summed E-state index contributed by atoms with van der Waals surface area (Å²) in [6.45, 7) is 0.130. The highest BCUT2D eigenvalue weighted by molar-refractivity contribution is 5.99. The van der Waals surface area contributed by atoms with E-state index in [1.165, 1.54) is 16.7 Å². The molecule has 2 aromatic carbocycles. The van der Waals surface area contributed by atoms with Gasteiger partial charge >= 0.3 is 5.97 Å². The number of anilines is 2. The van der Waals surface area contributed by atoms with E-state index in [0.29, 0.717) is 19.3 Å². The van der Waals surface area contributed by atoms with Gasteiger partial charge in [-0.25, -0.2) is 18.0 Å².